The van der Waals surface area contributed by atoms with E-state index in [0.717, 1.165) is 0 Å². The molecule has 0 spiro atoms. The van der Waals surface area contributed by atoms with Gasteiger partial charge in [-0.05, 0) is 11.1 Å². The summed E-state index contributed by atoms with van der Waals surface area (Å²) in [6.07, 6.45) is 0. The topological polar surface area (TPSA) is 0 Å². The molecule has 1 heterocycles. The normalized spacial score (nSPS) is 17.1. The van der Waals surface area contributed by atoms with Crippen molar-refractivity contribution in [1.82, 2.24) is 0 Å². The lowest BCUT2D eigenvalue weighted by molar-refractivity contribution is 1.32. The molecule has 0 nitrogen and oxygen atoms in total. The fourth-order valence-electron chi connectivity index (χ4n) is 1.19. The summed E-state index contributed by atoms with van der Waals surface area (Å²) < 4.78 is 0. The van der Waals surface area contributed by atoms with Crippen LogP contribution in [0.5, 0.6) is 0 Å². The van der Waals surface area contributed by atoms with Crippen LogP contribution in [0.15, 0.2) is 24.3 Å². The second kappa shape index (κ2) is 3.55. The third-order valence-corrected chi connectivity index (χ3v) is 4.10. The Hall–Kier alpha value is -0.0800. The lowest BCUT2D eigenvalue weighted by atomic mass is 10.2. The highest BCUT2D eigenvalue weighted by molar-refractivity contribution is 8.15. The van der Waals surface area contributed by atoms with Gasteiger partial charge in [0.25, 0.3) is 0 Å². The molecule has 2 bridgehead atoms. The summed E-state index contributed by atoms with van der Waals surface area (Å²) in [6.45, 7) is 0. The van der Waals surface area contributed by atoms with E-state index in [2.05, 4.69) is 24.3 Å². The Morgan fingerprint density at radius 1 is 1.00 bits per heavy atom. The highest BCUT2D eigenvalue weighted by Gasteiger charge is 2.01. The van der Waals surface area contributed by atoms with Gasteiger partial charge in [0, 0.05) is 16.6 Å². The Morgan fingerprint density at radius 2 is 1.64 bits per heavy atom. The fourth-order valence-corrected chi connectivity index (χ4v) is 3.16. The van der Waals surface area contributed by atoms with Crippen LogP contribution < -0.4 is 0 Å². The van der Waals surface area contributed by atoms with Crippen LogP contribution in [0.2, 0.25) is 0 Å². The monoisotopic (exact) mass is 182 g/mol. The third kappa shape index (κ3) is 1.94. The highest BCUT2D eigenvalue weighted by Crippen LogP contribution is 2.25. The minimum absolute atomic E-state index is 1.18. The van der Waals surface area contributed by atoms with Gasteiger partial charge in [-0.1, -0.05) is 24.3 Å². The third-order valence-electron chi connectivity index (χ3n) is 1.70. The maximum atomic E-state index is 2.32. The van der Waals surface area contributed by atoms with Gasteiger partial charge in [-0.15, -0.1) is 23.5 Å². The molecular weight excluding hydrogens is 172 g/mol. The second-order valence-corrected chi connectivity index (χ2v) is 4.97. The van der Waals surface area contributed by atoms with E-state index in [4.69, 9.17) is 0 Å². The van der Waals surface area contributed by atoms with Crippen molar-refractivity contribution in [3.05, 3.63) is 35.4 Å². The van der Waals surface area contributed by atoms with Crippen LogP contribution in [-0.4, -0.2) is 5.08 Å². The summed E-state index contributed by atoms with van der Waals surface area (Å²) in [5, 5.41) is 1.24. The van der Waals surface area contributed by atoms with Gasteiger partial charge in [0.1, 0.15) is 0 Å². The molecule has 0 aromatic heterocycles. The molecule has 1 aromatic carbocycles. The Kier molecular flexibility index (Phi) is 2.44. The summed E-state index contributed by atoms with van der Waals surface area (Å²) in [6, 6.07) is 8.91. The average Bonchev–Trinajstić information content (AvgIpc) is 2.02. The molecule has 0 atom stereocenters. The molecule has 0 amide bonds. The van der Waals surface area contributed by atoms with Crippen LogP contribution in [0.4, 0.5) is 0 Å². The van der Waals surface area contributed by atoms with Crippen molar-refractivity contribution in [2.75, 3.05) is 5.08 Å². The minimum atomic E-state index is 1.18. The van der Waals surface area contributed by atoms with E-state index in [1.165, 1.54) is 27.7 Å². The van der Waals surface area contributed by atoms with Gasteiger partial charge in [0.2, 0.25) is 0 Å². The summed E-state index contributed by atoms with van der Waals surface area (Å²) in [4.78, 5) is 0. The molecule has 11 heavy (non-hydrogen) atoms. The standard InChI is InChI=1S/C9H10S2/c1-2-8-4-9(3-1)6-11-7-10-5-8/h1-4H,5-7H2. The maximum absolute atomic E-state index is 2.32. The summed E-state index contributed by atoms with van der Waals surface area (Å²) in [7, 11) is 0. The van der Waals surface area contributed by atoms with Crippen molar-refractivity contribution >= 4 is 23.5 Å². The van der Waals surface area contributed by atoms with Crippen LogP contribution in [0.3, 0.4) is 0 Å². The Labute approximate surface area is 75.8 Å². The second-order valence-electron chi connectivity index (χ2n) is 2.63. The number of fused-ring (bicyclic) bond motifs is 2. The quantitative estimate of drug-likeness (QED) is 0.604. The van der Waals surface area contributed by atoms with Crippen LogP contribution in [0.25, 0.3) is 0 Å². The number of benzene rings is 1. The van der Waals surface area contributed by atoms with Gasteiger partial charge >= 0.3 is 0 Å². The first-order valence-electron chi connectivity index (χ1n) is 3.68. The molecule has 2 rings (SSSR count). The summed E-state index contributed by atoms with van der Waals surface area (Å²) in [5.41, 5.74) is 2.96. The number of hydrogen-bond donors (Lipinski definition) is 0. The van der Waals surface area contributed by atoms with E-state index < -0.39 is 0 Å². The van der Waals surface area contributed by atoms with Gasteiger partial charge in [-0.3, -0.25) is 0 Å². The van der Waals surface area contributed by atoms with Crippen molar-refractivity contribution in [2.45, 2.75) is 11.5 Å². The number of thioether (sulfide) groups is 2. The zero-order chi connectivity index (χ0) is 7.52. The summed E-state index contributed by atoms with van der Waals surface area (Å²) in [5.74, 6) is 2.36. The molecule has 1 aromatic rings. The molecule has 2 heteroatoms. The van der Waals surface area contributed by atoms with Gasteiger partial charge in [0.15, 0.2) is 0 Å². The van der Waals surface area contributed by atoms with Gasteiger partial charge < -0.3 is 0 Å². The molecule has 0 radical (unpaired) electrons. The fraction of sp³-hybridized carbons (Fsp3) is 0.333. The van der Waals surface area contributed by atoms with E-state index >= 15 is 0 Å². The predicted molar refractivity (Wildman–Crippen MR) is 53.9 cm³/mol. The van der Waals surface area contributed by atoms with Crippen LogP contribution in [0, 0.1) is 0 Å². The molecule has 1 aliphatic heterocycles. The largest absolute Gasteiger partial charge is 0.146 e. The van der Waals surface area contributed by atoms with Gasteiger partial charge in [0.05, 0.1) is 0 Å². The van der Waals surface area contributed by atoms with E-state index in [1.54, 1.807) is 0 Å². The SMILES string of the molecule is c1cc2cc(c1)CSCSC2. The van der Waals surface area contributed by atoms with Crippen molar-refractivity contribution in [3.63, 3.8) is 0 Å². The van der Waals surface area contributed by atoms with E-state index in [1.807, 2.05) is 23.5 Å². The van der Waals surface area contributed by atoms with Crippen LogP contribution in [0.1, 0.15) is 11.1 Å². The van der Waals surface area contributed by atoms with E-state index in [9.17, 15) is 0 Å². The molecule has 0 N–H and O–H groups in total. The van der Waals surface area contributed by atoms with Crippen LogP contribution >= 0.6 is 23.5 Å². The molecular formula is C9H10S2. The summed E-state index contributed by atoms with van der Waals surface area (Å²) >= 11 is 4.03. The first-order chi connectivity index (χ1) is 5.45. The first-order valence-corrected chi connectivity index (χ1v) is 5.99. The molecule has 0 saturated heterocycles. The Morgan fingerprint density at radius 3 is 2.27 bits per heavy atom. The number of rotatable bonds is 0. The minimum Gasteiger partial charge on any atom is -0.146 e. The zero-order valence-electron chi connectivity index (χ0n) is 6.25. The highest BCUT2D eigenvalue weighted by atomic mass is 32.2. The first kappa shape index (κ1) is 7.56. The van der Waals surface area contributed by atoms with E-state index in [-0.39, 0.29) is 0 Å². The predicted octanol–water partition coefficient (Wildman–Crippen LogP) is 3.12. The maximum Gasteiger partial charge on any atom is 0.0398 e. The smallest absolute Gasteiger partial charge is 0.0398 e. The molecule has 0 fully saturated rings. The van der Waals surface area contributed by atoms with Gasteiger partial charge in [-0.25, -0.2) is 0 Å². The molecule has 0 unspecified atom stereocenters. The zero-order valence-corrected chi connectivity index (χ0v) is 7.88. The molecule has 0 saturated carbocycles. The Bertz CT molecular complexity index is 224. The molecule has 1 aliphatic rings. The van der Waals surface area contributed by atoms with Crippen molar-refractivity contribution in [1.29, 1.82) is 0 Å². The van der Waals surface area contributed by atoms with Crippen molar-refractivity contribution < 1.29 is 0 Å². The van der Waals surface area contributed by atoms with Crippen molar-refractivity contribution in [2.24, 2.45) is 0 Å². The average molecular weight is 182 g/mol. The lowest BCUT2D eigenvalue weighted by Gasteiger charge is -2.08. The van der Waals surface area contributed by atoms with Crippen molar-refractivity contribution in [3.8, 4) is 0 Å². The lowest BCUT2D eigenvalue weighted by Crippen LogP contribution is -1.89. The van der Waals surface area contributed by atoms with E-state index in [0.29, 0.717) is 0 Å². The molecule has 0 aliphatic carbocycles. The Balaban J connectivity index is 2.30. The van der Waals surface area contributed by atoms with Crippen LogP contribution in [-0.2, 0) is 11.5 Å². The van der Waals surface area contributed by atoms with Gasteiger partial charge in [-0.2, -0.15) is 0 Å². The number of hydrogen-bond acceptors (Lipinski definition) is 2. The molecule has 58 valence electrons.